The normalized spacial score (nSPS) is 39.3. The van der Waals surface area contributed by atoms with E-state index in [-0.39, 0.29) is 17.8 Å². The molecule has 176 valence electrons. The fourth-order valence-corrected chi connectivity index (χ4v) is 7.53. The van der Waals surface area contributed by atoms with Gasteiger partial charge in [-0.15, -0.1) is 0 Å². The van der Waals surface area contributed by atoms with E-state index in [4.69, 9.17) is 4.74 Å². The van der Waals surface area contributed by atoms with Crippen LogP contribution in [0.3, 0.4) is 0 Å². The summed E-state index contributed by atoms with van der Waals surface area (Å²) in [4.78, 5) is 25.8. The molecule has 0 aliphatic heterocycles. The van der Waals surface area contributed by atoms with Crippen molar-refractivity contribution < 1.29 is 19.4 Å². The van der Waals surface area contributed by atoms with Crippen molar-refractivity contribution in [1.29, 1.82) is 0 Å². The van der Waals surface area contributed by atoms with Crippen LogP contribution in [-0.2, 0) is 14.3 Å². The van der Waals surface area contributed by atoms with Gasteiger partial charge in [0.05, 0.1) is 0 Å². The van der Waals surface area contributed by atoms with Crippen molar-refractivity contribution in [2.45, 2.75) is 86.0 Å². The molecule has 5 unspecified atom stereocenters. The van der Waals surface area contributed by atoms with E-state index in [0.717, 1.165) is 70.0 Å². The summed E-state index contributed by atoms with van der Waals surface area (Å²) in [5.74, 6) is 1.27. The highest BCUT2D eigenvalue weighted by Crippen LogP contribution is 2.71. The highest BCUT2D eigenvalue weighted by Gasteiger charge is 2.71. The number of ether oxygens (including phenoxy) is 1. The first-order valence-corrected chi connectivity index (χ1v) is 12.7. The lowest BCUT2D eigenvalue weighted by molar-refractivity contribution is -0.160. The molecular weight excluding hydrogens is 388 g/mol. The van der Waals surface area contributed by atoms with E-state index >= 15 is 0 Å². The van der Waals surface area contributed by atoms with Gasteiger partial charge in [0.1, 0.15) is 11.7 Å². The number of carboxylic acids is 1. The van der Waals surface area contributed by atoms with E-state index in [9.17, 15) is 14.7 Å². The summed E-state index contributed by atoms with van der Waals surface area (Å²) < 4.78 is 5.74. The Labute approximate surface area is 189 Å². The minimum absolute atomic E-state index is 0.163. The van der Waals surface area contributed by atoms with E-state index in [1.807, 2.05) is 0 Å². The lowest BCUT2D eigenvalue weighted by Gasteiger charge is -2.48. The molecule has 3 rings (SSSR count). The summed E-state index contributed by atoms with van der Waals surface area (Å²) in [6.07, 6.45) is 11.1. The van der Waals surface area contributed by atoms with Crippen molar-refractivity contribution in [2.24, 2.45) is 46.3 Å². The largest absolute Gasteiger partial charge is 0.481 e. The number of carbonyl (C=O) groups excluding carboxylic acids is 1. The number of carbonyl (C=O) groups is 2. The fraction of sp³-hybridized carbons (Fsp3) is 0.852. The van der Waals surface area contributed by atoms with Crippen LogP contribution in [0.25, 0.3) is 0 Å². The molecule has 4 heteroatoms. The second-order valence-corrected chi connectivity index (χ2v) is 11.1. The summed E-state index contributed by atoms with van der Waals surface area (Å²) in [6, 6.07) is 0. The maximum atomic E-state index is 12.9. The molecule has 0 heterocycles. The summed E-state index contributed by atoms with van der Waals surface area (Å²) in [6.45, 7) is 12.6. The molecule has 3 aliphatic rings. The van der Waals surface area contributed by atoms with Crippen LogP contribution in [0.4, 0.5) is 0 Å². The number of fused-ring (bicyclic) bond motifs is 2. The zero-order valence-corrected chi connectivity index (χ0v) is 20.4. The minimum Gasteiger partial charge on any atom is -0.481 e. The number of unbranched alkanes of at least 4 members (excludes halogenated alkanes) is 2. The third-order valence-corrected chi connectivity index (χ3v) is 9.16. The van der Waals surface area contributed by atoms with Crippen LogP contribution in [0, 0.1) is 46.3 Å². The molecule has 0 aromatic heterocycles. The maximum Gasteiger partial charge on any atom is 0.314 e. The monoisotopic (exact) mass is 432 g/mol. The van der Waals surface area contributed by atoms with E-state index in [1.54, 1.807) is 0 Å². The third-order valence-electron chi connectivity index (χ3n) is 9.16. The average Bonchev–Trinajstić information content (AvgIpc) is 3.37. The highest BCUT2D eigenvalue weighted by molar-refractivity contribution is 5.88. The van der Waals surface area contributed by atoms with Gasteiger partial charge < -0.3 is 14.6 Å². The molecule has 2 saturated carbocycles. The molecule has 2 fully saturated rings. The molecule has 31 heavy (non-hydrogen) atoms. The summed E-state index contributed by atoms with van der Waals surface area (Å²) >= 11 is 0. The van der Waals surface area contributed by atoms with Gasteiger partial charge in [-0.25, -0.2) is 0 Å². The minimum atomic E-state index is -0.996. The molecule has 4 nitrogen and oxygen atoms in total. The van der Waals surface area contributed by atoms with Crippen LogP contribution in [0.1, 0.15) is 86.0 Å². The smallest absolute Gasteiger partial charge is 0.314 e. The first-order chi connectivity index (χ1) is 14.7. The fourth-order valence-electron chi connectivity index (χ4n) is 7.53. The zero-order valence-electron chi connectivity index (χ0n) is 20.4. The predicted molar refractivity (Wildman–Crippen MR) is 124 cm³/mol. The molecule has 2 bridgehead atoms. The zero-order chi connectivity index (χ0) is 22.8. The lowest BCUT2D eigenvalue weighted by atomic mass is 9.52. The summed E-state index contributed by atoms with van der Waals surface area (Å²) in [7, 11) is 0. The van der Waals surface area contributed by atoms with E-state index in [1.165, 1.54) is 0 Å². The highest BCUT2D eigenvalue weighted by atomic mass is 16.5. The Morgan fingerprint density at radius 2 is 1.94 bits per heavy atom. The Morgan fingerprint density at radius 1 is 1.23 bits per heavy atom. The first-order valence-electron chi connectivity index (χ1n) is 12.7. The van der Waals surface area contributed by atoms with Crippen LogP contribution in [0.5, 0.6) is 0 Å². The number of carboxylic acid groups (broad SMARTS) is 1. The second kappa shape index (κ2) is 9.77. The van der Waals surface area contributed by atoms with Crippen molar-refractivity contribution in [1.82, 2.24) is 0 Å². The van der Waals surface area contributed by atoms with Gasteiger partial charge >= 0.3 is 5.97 Å². The Morgan fingerprint density at radius 3 is 2.55 bits per heavy atom. The van der Waals surface area contributed by atoms with Crippen molar-refractivity contribution in [2.75, 3.05) is 13.2 Å². The molecular formula is C27H44O4. The van der Waals surface area contributed by atoms with Gasteiger partial charge in [-0.05, 0) is 74.0 Å². The van der Waals surface area contributed by atoms with Gasteiger partial charge in [-0.3, -0.25) is 4.79 Å². The van der Waals surface area contributed by atoms with E-state index in [2.05, 4.69) is 40.7 Å². The number of aldehydes is 1. The number of allylic oxidation sites excluding steroid dienone is 1. The van der Waals surface area contributed by atoms with Gasteiger partial charge in [0.25, 0.3) is 0 Å². The number of rotatable bonds is 12. The number of hydrogen-bond acceptors (Lipinski definition) is 3. The van der Waals surface area contributed by atoms with Crippen molar-refractivity contribution in [3.05, 3.63) is 11.6 Å². The summed E-state index contributed by atoms with van der Waals surface area (Å²) in [5, 5.41) is 10.6. The third kappa shape index (κ3) is 4.03. The summed E-state index contributed by atoms with van der Waals surface area (Å²) in [5.41, 5.74) is -0.735. The molecule has 3 aliphatic carbocycles. The molecule has 0 saturated heterocycles. The molecule has 7 atom stereocenters. The topological polar surface area (TPSA) is 63.6 Å². The number of aliphatic carboxylic acids is 1. The lowest BCUT2D eigenvalue weighted by Crippen LogP contribution is -2.53. The molecule has 0 aromatic carbocycles. The second-order valence-electron chi connectivity index (χ2n) is 11.1. The Balaban J connectivity index is 1.81. The molecule has 1 N–H and O–H groups in total. The van der Waals surface area contributed by atoms with Gasteiger partial charge in [0.2, 0.25) is 0 Å². The first kappa shape index (κ1) is 24.5. The van der Waals surface area contributed by atoms with Gasteiger partial charge in [-0.2, -0.15) is 0 Å². The molecule has 0 amide bonds. The van der Waals surface area contributed by atoms with Crippen LogP contribution in [0.15, 0.2) is 11.6 Å². The van der Waals surface area contributed by atoms with Crippen LogP contribution in [-0.4, -0.2) is 30.6 Å². The Kier molecular flexibility index (Phi) is 7.71. The van der Waals surface area contributed by atoms with Crippen LogP contribution >= 0.6 is 0 Å². The molecule has 0 aromatic rings. The molecule has 0 radical (unpaired) electrons. The van der Waals surface area contributed by atoms with E-state index in [0.29, 0.717) is 24.2 Å². The standard InChI is InChI=1S/C27H44O4/c1-6-7-11-31-12-9-8-10-22-20(5)19(4)13-24(22)26(17-28)15-21-14-23(18(2)3)27(26,16-21)25(29)30/h14,17-22,24H,6-13,15-16H2,1-5H3,(H,29,30)/t19?,20?,21?,22?,24?,26-,27+/m0/s1. The van der Waals surface area contributed by atoms with E-state index < -0.39 is 16.8 Å². The van der Waals surface area contributed by atoms with Gasteiger partial charge in [-0.1, -0.05) is 59.1 Å². The van der Waals surface area contributed by atoms with Crippen molar-refractivity contribution >= 4 is 12.3 Å². The van der Waals surface area contributed by atoms with Crippen LogP contribution in [0.2, 0.25) is 0 Å². The van der Waals surface area contributed by atoms with Crippen molar-refractivity contribution in [3.8, 4) is 0 Å². The number of hydrogen-bond donors (Lipinski definition) is 1. The Bertz CT molecular complexity index is 683. The maximum absolute atomic E-state index is 12.9. The van der Waals surface area contributed by atoms with Gasteiger partial charge in [0, 0.05) is 18.6 Å². The quantitative estimate of drug-likeness (QED) is 0.228. The van der Waals surface area contributed by atoms with Crippen molar-refractivity contribution in [3.63, 3.8) is 0 Å². The Hall–Kier alpha value is -1.16. The predicted octanol–water partition coefficient (Wildman–Crippen LogP) is 6.14. The van der Waals surface area contributed by atoms with Gasteiger partial charge in [0.15, 0.2) is 0 Å². The molecule has 0 spiro atoms. The van der Waals surface area contributed by atoms with Crippen LogP contribution < -0.4 is 0 Å². The average molecular weight is 433 g/mol. The SMILES string of the molecule is CCCCOCCCCC1C(C)C(C)CC1[C@@]1(C=O)CC2C=C(C(C)C)[C@@]1(C(=O)O)C2.